The van der Waals surface area contributed by atoms with Gasteiger partial charge in [-0.1, -0.05) is 27.2 Å². The number of aliphatic imine (C=N–C) groups is 1. The number of nitrogens with zero attached hydrogens (tertiary/aromatic N) is 1. The fourth-order valence-corrected chi connectivity index (χ4v) is 1.84. The van der Waals surface area contributed by atoms with E-state index in [1.54, 1.807) is 0 Å². The first-order chi connectivity index (χ1) is 9.04. The largest absolute Gasteiger partial charge is 0.396 e. The van der Waals surface area contributed by atoms with E-state index in [2.05, 4.69) is 50.2 Å². The van der Waals surface area contributed by atoms with Crippen LogP contribution in [0.4, 0.5) is 0 Å². The van der Waals surface area contributed by atoms with Crippen LogP contribution in [0.5, 0.6) is 0 Å². The van der Waals surface area contributed by atoms with Crippen molar-refractivity contribution in [3.63, 3.8) is 0 Å². The van der Waals surface area contributed by atoms with Gasteiger partial charge in [0.1, 0.15) is 0 Å². The summed E-state index contributed by atoms with van der Waals surface area (Å²) in [6, 6.07) is 0.403. The van der Waals surface area contributed by atoms with E-state index in [1.807, 2.05) is 0 Å². The molecule has 20 heavy (non-hydrogen) atoms. The van der Waals surface area contributed by atoms with E-state index >= 15 is 0 Å². The fraction of sp³-hybridized carbons (Fsp3) is 0.933. The zero-order valence-electron chi connectivity index (χ0n) is 13.8. The number of halogens is 1. The second-order valence-corrected chi connectivity index (χ2v) is 5.56. The predicted octanol–water partition coefficient (Wildman–Crippen LogP) is 3.00. The third-order valence-electron chi connectivity index (χ3n) is 3.45. The topological polar surface area (TPSA) is 56.7 Å². The lowest BCUT2D eigenvalue weighted by Gasteiger charge is -2.21. The third kappa shape index (κ3) is 10.7. The van der Waals surface area contributed by atoms with Crippen molar-refractivity contribution in [2.24, 2.45) is 16.8 Å². The molecule has 0 fully saturated rings. The molecule has 0 amide bonds. The van der Waals surface area contributed by atoms with Crippen LogP contribution >= 0.6 is 24.0 Å². The maximum Gasteiger partial charge on any atom is 0.191 e. The molecule has 2 atom stereocenters. The van der Waals surface area contributed by atoms with Crippen molar-refractivity contribution in [1.82, 2.24) is 10.6 Å². The van der Waals surface area contributed by atoms with Crippen LogP contribution in [0.25, 0.3) is 0 Å². The van der Waals surface area contributed by atoms with Crippen molar-refractivity contribution in [1.29, 1.82) is 0 Å². The molecule has 0 aromatic rings. The molecule has 0 radical (unpaired) electrons. The normalized spacial score (nSPS) is 14.7. The molecular weight excluding hydrogens is 365 g/mol. The van der Waals surface area contributed by atoms with Crippen LogP contribution in [0.15, 0.2) is 4.99 Å². The summed E-state index contributed by atoms with van der Waals surface area (Å²) in [5.41, 5.74) is 0. The summed E-state index contributed by atoms with van der Waals surface area (Å²) in [5.74, 6) is 1.95. The summed E-state index contributed by atoms with van der Waals surface area (Å²) in [5, 5.41) is 15.8. The van der Waals surface area contributed by atoms with Crippen molar-refractivity contribution >= 4 is 29.9 Å². The van der Waals surface area contributed by atoms with E-state index < -0.39 is 0 Å². The molecule has 5 heteroatoms. The quantitative estimate of drug-likeness (QED) is 0.317. The van der Waals surface area contributed by atoms with Crippen molar-refractivity contribution in [2.75, 3.05) is 19.7 Å². The van der Waals surface area contributed by atoms with Gasteiger partial charge in [0.2, 0.25) is 0 Å². The minimum Gasteiger partial charge on any atom is -0.396 e. The van der Waals surface area contributed by atoms with E-state index in [0.717, 1.165) is 38.3 Å². The number of hydrogen-bond acceptors (Lipinski definition) is 2. The van der Waals surface area contributed by atoms with Gasteiger partial charge in [0.05, 0.1) is 0 Å². The first-order valence-electron chi connectivity index (χ1n) is 7.70. The van der Waals surface area contributed by atoms with Crippen molar-refractivity contribution in [3.8, 4) is 0 Å². The number of nitrogens with one attached hydrogen (secondary N) is 2. The minimum absolute atomic E-state index is 0. The number of hydrogen-bond donors (Lipinski definition) is 3. The van der Waals surface area contributed by atoms with E-state index in [9.17, 15) is 0 Å². The summed E-state index contributed by atoms with van der Waals surface area (Å²) in [6.45, 7) is 12.7. The molecule has 0 aliphatic rings. The Morgan fingerprint density at radius 2 is 1.80 bits per heavy atom. The van der Waals surface area contributed by atoms with Crippen LogP contribution in [0, 0.1) is 11.8 Å². The van der Waals surface area contributed by atoms with Gasteiger partial charge >= 0.3 is 0 Å². The monoisotopic (exact) mass is 399 g/mol. The van der Waals surface area contributed by atoms with Gasteiger partial charge in [-0.05, 0) is 38.5 Å². The molecule has 0 aliphatic heterocycles. The Hall–Kier alpha value is -0.0400. The standard InChI is InChI=1S/C15H33N3O.HI/c1-6-8-14(9-10-19)11-17-15(16-7-2)18-13(5)12(3)4;/h12-14,19H,6-11H2,1-5H3,(H2,16,17,18);1H. The van der Waals surface area contributed by atoms with Gasteiger partial charge in [0.15, 0.2) is 5.96 Å². The van der Waals surface area contributed by atoms with Crippen molar-refractivity contribution in [2.45, 2.75) is 59.9 Å². The van der Waals surface area contributed by atoms with Gasteiger partial charge in [0, 0.05) is 25.7 Å². The summed E-state index contributed by atoms with van der Waals surface area (Å²) >= 11 is 0. The Bertz CT molecular complexity index is 241. The molecule has 0 rings (SSSR count). The molecule has 0 heterocycles. The Labute approximate surface area is 142 Å². The van der Waals surface area contributed by atoms with Crippen LogP contribution in [-0.2, 0) is 0 Å². The fourth-order valence-electron chi connectivity index (χ4n) is 1.84. The van der Waals surface area contributed by atoms with E-state index in [1.165, 1.54) is 0 Å². The lowest BCUT2D eigenvalue weighted by Crippen LogP contribution is -2.44. The van der Waals surface area contributed by atoms with Gasteiger partial charge in [-0.15, -0.1) is 24.0 Å². The number of aliphatic hydroxyl groups is 1. The Balaban J connectivity index is 0. The highest BCUT2D eigenvalue weighted by Gasteiger charge is 2.10. The molecule has 0 spiro atoms. The molecule has 0 aromatic carbocycles. The van der Waals surface area contributed by atoms with Gasteiger partial charge in [0.25, 0.3) is 0 Å². The minimum atomic E-state index is 0. The van der Waals surface area contributed by atoms with Gasteiger partial charge in [-0.3, -0.25) is 4.99 Å². The number of guanidine groups is 1. The highest BCUT2D eigenvalue weighted by Crippen LogP contribution is 2.11. The van der Waals surface area contributed by atoms with E-state index in [0.29, 0.717) is 17.9 Å². The second kappa shape index (κ2) is 13.9. The van der Waals surface area contributed by atoms with Crippen LogP contribution in [0.2, 0.25) is 0 Å². The molecule has 0 saturated heterocycles. The summed E-state index contributed by atoms with van der Waals surface area (Å²) in [4.78, 5) is 4.66. The lowest BCUT2D eigenvalue weighted by atomic mass is 10.0. The summed E-state index contributed by atoms with van der Waals surface area (Å²) in [6.07, 6.45) is 3.12. The average molecular weight is 399 g/mol. The molecule has 0 bridgehead atoms. The Morgan fingerprint density at radius 1 is 1.15 bits per heavy atom. The number of aliphatic hydroxyl groups excluding tert-OH is 1. The highest BCUT2D eigenvalue weighted by atomic mass is 127. The molecule has 4 nitrogen and oxygen atoms in total. The zero-order chi connectivity index (χ0) is 14.7. The van der Waals surface area contributed by atoms with Gasteiger partial charge in [-0.25, -0.2) is 0 Å². The molecular formula is C15H34IN3O. The third-order valence-corrected chi connectivity index (χ3v) is 3.45. The van der Waals surface area contributed by atoms with Crippen LogP contribution < -0.4 is 10.6 Å². The number of rotatable bonds is 9. The predicted molar refractivity (Wildman–Crippen MR) is 98.9 cm³/mol. The van der Waals surface area contributed by atoms with Gasteiger partial charge in [-0.2, -0.15) is 0 Å². The van der Waals surface area contributed by atoms with Crippen LogP contribution in [0.1, 0.15) is 53.9 Å². The summed E-state index contributed by atoms with van der Waals surface area (Å²) < 4.78 is 0. The molecule has 2 unspecified atom stereocenters. The van der Waals surface area contributed by atoms with Crippen molar-refractivity contribution in [3.05, 3.63) is 0 Å². The SMILES string of the molecule is CCCC(CCO)CN=C(NCC)NC(C)C(C)C.I. The Morgan fingerprint density at radius 3 is 2.25 bits per heavy atom. The molecule has 0 saturated carbocycles. The maximum absolute atomic E-state index is 9.07. The van der Waals surface area contributed by atoms with E-state index in [4.69, 9.17) is 5.11 Å². The van der Waals surface area contributed by atoms with Crippen LogP contribution in [-0.4, -0.2) is 36.8 Å². The molecule has 0 aliphatic carbocycles. The maximum atomic E-state index is 9.07. The average Bonchev–Trinajstić information content (AvgIpc) is 2.36. The first kappa shape index (κ1) is 22.2. The van der Waals surface area contributed by atoms with Crippen LogP contribution in [0.3, 0.4) is 0 Å². The molecule has 0 aromatic heterocycles. The summed E-state index contributed by atoms with van der Waals surface area (Å²) in [7, 11) is 0. The lowest BCUT2D eigenvalue weighted by molar-refractivity contribution is 0.253. The van der Waals surface area contributed by atoms with Gasteiger partial charge < -0.3 is 15.7 Å². The molecule has 3 N–H and O–H groups in total. The second-order valence-electron chi connectivity index (χ2n) is 5.56. The molecule has 122 valence electrons. The smallest absolute Gasteiger partial charge is 0.191 e. The zero-order valence-corrected chi connectivity index (χ0v) is 16.1. The highest BCUT2D eigenvalue weighted by molar-refractivity contribution is 14.0. The van der Waals surface area contributed by atoms with E-state index in [-0.39, 0.29) is 30.6 Å². The Kier molecular flexibility index (Phi) is 15.5. The van der Waals surface area contributed by atoms with Crippen molar-refractivity contribution < 1.29 is 5.11 Å². The first-order valence-corrected chi connectivity index (χ1v) is 7.70.